The minimum Gasteiger partial charge on any atom is -0.497 e. The van der Waals surface area contributed by atoms with Crippen LogP contribution in [0.15, 0.2) is 91.0 Å². The Balaban J connectivity index is 1.40. The van der Waals surface area contributed by atoms with Gasteiger partial charge >= 0.3 is 0 Å². The zero-order chi connectivity index (χ0) is 25.3. The summed E-state index contributed by atoms with van der Waals surface area (Å²) < 4.78 is 5.40. The summed E-state index contributed by atoms with van der Waals surface area (Å²) in [6.45, 7) is 4.23. The summed E-state index contributed by atoms with van der Waals surface area (Å²) in [5, 5.41) is 8.50. The third kappa shape index (κ3) is 4.86. The largest absolute Gasteiger partial charge is 0.497 e. The summed E-state index contributed by atoms with van der Waals surface area (Å²) in [5.41, 5.74) is 4.31. The SMILES string of the molecule is COc1ccc2c(c1)/C(=C/C(=O)c1cccc(NC(=O)c3ccc4ccccc4c3)c1)NC(C)(C)C2. The molecule has 2 N–H and O–H groups in total. The van der Waals surface area contributed by atoms with Crippen LogP contribution >= 0.6 is 0 Å². The number of carbonyl (C=O) groups is 2. The Kier molecular flexibility index (Phi) is 6.06. The smallest absolute Gasteiger partial charge is 0.255 e. The fraction of sp³-hybridized carbons (Fsp3) is 0.161. The molecule has 0 spiro atoms. The number of fused-ring (bicyclic) bond motifs is 2. The van der Waals surface area contributed by atoms with E-state index < -0.39 is 0 Å². The second-order valence-corrected chi connectivity index (χ2v) is 9.73. The minimum atomic E-state index is -0.222. The second kappa shape index (κ2) is 9.34. The fourth-order valence-electron chi connectivity index (χ4n) is 4.65. The average Bonchev–Trinajstić information content (AvgIpc) is 2.87. The molecule has 180 valence electrons. The van der Waals surface area contributed by atoms with E-state index in [9.17, 15) is 9.59 Å². The third-order valence-corrected chi connectivity index (χ3v) is 6.40. The molecular formula is C31H28N2O3. The number of methoxy groups -OCH3 is 1. The molecule has 1 aliphatic heterocycles. The molecule has 5 nitrogen and oxygen atoms in total. The first-order valence-electron chi connectivity index (χ1n) is 11.9. The lowest BCUT2D eigenvalue weighted by atomic mass is 9.85. The van der Waals surface area contributed by atoms with Crippen molar-refractivity contribution in [1.82, 2.24) is 5.32 Å². The van der Waals surface area contributed by atoms with Crippen LogP contribution in [-0.4, -0.2) is 24.3 Å². The molecule has 1 aliphatic rings. The van der Waals surface area contributed by atoms with E-state index in [-0.39, 0.29) is 17.2 Å². The predicted molar refractivity (Wildman–Crippen MR) is 145 cm³/mol. The zero-order valence-electron chi connectivity index (χ0n) is 20.6. The minimum absolute atomic E-state index is 0.147. The first kappa shape index (κ1) is 23.4. The van der Waals surface area contributed by atoms with Gasteiger partial charge in [0.05, 0.1) is 7.11 Å². The van der Waals surface area contributed by atoms with Crippen molar-refractivity contribution in [2.24, 2.45) is 0 Å². The van der Waals surface area contributed by atoms with Gasteiger partial charge < -0.3 is 15.4 Å². The number of hydrogen-bond donors (Lipinski definition) is 2. The highest BCUT2D eigenvalue weighted by atomic mass is 16.5. The summed E-state index contributed by atoms with van der Waals surface area (Å²) in [6, 6.07) is 26.5. The van der Waals surface area contributed by atoms with E-state index in [2.05, 4.69) is 30.5 Å². The van der Waals surface area contributed by atoms with Gasteiger partial charge in [-0.3, -0.25) is 9.59 Å². The summed E-state index contributed by atoms with van der Waals surface area (Å²) in [4.78, 5) is 26.2. The molecule has 5 rings (SSSR count). The number of allylic oxidation sites excluding steroid dienone is 1. The molecule has 5 heteroatoms. The first-order chi connectivity index (χ1) is 17.3. The number of rotatable bonds is 5. The first-order valence-corrected chi connectivity index (χ1v) is 11.9. The summed E-state index contributed by atoms with van der Waals surface area (Å²) in [7, 11) is 1.63. The van der Waals surface area contributed by atoms with Gasteiger partial charge in [-0.25, -0.2) is 0 Å². The molecule has 4 aromatic carbocycles. The van der Waals surface area contributed by atoms with Crippen molar-refractivity contribution in [3.05, 3.63) is 113 Å². The lowest BCUT2D eigenvalue weighted by Crippen LogP contribution is -2.43. The van der Waals surface area contributed by atoms with Crippen LogP contribution in [0, 0.1) is 0 Å². The highest BCUT2D eigenvalue weighted by Gasteiger charge is 2.28. The van der Waals surface area contributed by atoms with E-state index in [1.54, 1.807) is 43.5 Å². The van der Waals surface area contributed by atoms with Crippen molar-refractivity contribution < 1.29 is 14.3 Å². The molecule has 0 fully saturated rings. The Hall–Kier alpha value is -4.38. The average molecular weight is 477 g/mol. The highest BCUT2D eigenvalue weighted by molar-refractivity contribution is 6.10. The van der Waals surface area contributed by atoms with Crippen molar-refractivity contribution in [3.8, 4) is 5.75 Å². The second-order valence-electron chi connectivity index (χ2n) is 9.73. The Morgan fingerprint density at radius 1 is 0.889 bits per heavy atom. The van der Waals surface area contributed by atoms with Crippen LogP contribution in [-0.2, 0) is 6.42 Å². The molecule has 0 saturated carbocycles. The van der Waals surface area contributed by atoms with E-state index in [4.69, 9.17) is 4.74 Å². The number of ether oxygens (including phenoxy) is 1. The molecule has 0 saturated heterocycles. The number of benzene rings is 4. The van der Waals surface area contributed by atoms with Crippen LogP contribution in [0.4, 0.5) is 5.69 Å². The Bertz CT molecular complexity index is 1520. The van der Waals surface area contributed by atoms with Crippen LogP contribution in [0.5, 0.6) is 5.75 Å². The van der Waals surface area contributed by atoms with Gasteiger partial charge in [0.25, 0.3) is 5.91 Å². The Morgan fingerprint density at radius 3 is 2.50 bits per heavy atom. The lowest BCUT2D eigenvalue weighted by molar-refractivity contribution is 0.102. The number of anilines is 1. The van der Waals surface area contributed by atoms with E-state index >= 15 is 0 Å². The van der Waals surface area contributed by atoms with Gasteiger partial charge in [0, 0.05) is 39.7 Å². The standard InChI is InChI=1S/C31H28N2O3/c1-31(2)19-24-13-14-26(36-3)17-27(24)28(33-31)18-29(34)22-9-6-10-25(16-22)32-30(35)23-12-11-20-7-4-5-8-21(20)15-23/h4-18,33H,19H2,1-3H3,(H,32,35)/b28-18-. The predicted octanol–water partition coefficient (Wildman–Crippen LogP) is 6.25. The molecule has 4 aromatic rings. The molecule has 0 aliphatic carbocycles. The zero-order valence-corrected chi connectivity index (χ0v) is 20.6. The van der Waals surface area contributed by atoms with Crippen LogP contribution in [0.25, 0.3) is 16.5 Å². The summed E-state index contributed by atoms with van der Waals surface area (Å²) in [5.74, 6) is 0.373. The molecular weight excluding hydrogens is 448 g/mol. The molecule has 0 bridgehead atoms. The molecule has 1 amide bonds. The number of carbonyl (C=O) groups excluding carboxylic acids is 2. The third-order valence-electron chi connectivity index (χ3n) is 6.40. The monoisotopic (exact) mass is 476 g/mol. The lowest BCUT2D eigenvalue weighted by Gasteiger charge is -2.35. The van der Waals surface area contributed by atoms with Gasteiger partial charge in [-0.1, -0.05) is 48.5 Å². The highest BCUT2D eigenvalue weighted by Crippen LogP contribution is 2.32. The molecule has 1 heterocycles. The van der Waals surface area contributed by atoms with Crippen molar-refractivity contribution in [2.45, 2.75) is 25.8 Å². The number of hydrogen-bond acceptors (Lipinski definition) is 4. The van der Waals surface area contributed by atoms with Crippen molar-refractivity contribution in [1.29, 1.82) is 0 Å². The van der Waals surface area contributed by atoms with E-state index in [0.29, 0.717) is 16.8 Å². The van der Waals surface area contributed by atoms with E-state index in [0.717, 1.165) is 39.8 Å². The topological polar surface area (TPSA) is 67.4 Å². The maximum Gasteiger partial charge on any atom is 0.255 e. The maximum absolute atomic E-state index is 13.3. The molecule has 0 unspecified atom stereocenters. The maximum atomic E-state index is 13.3. The number of ketones is 1. The molecule has 0 atom stereocenters. The summed E-state index contributed by atoms with van der Waals surface area (Å²) in [6.07, 6.45) is 2.47. The van der Waals surface area contributed by atoms with Crippen LogP contribution in [0.1, 0.15) is 45.7 Å². The van der Waals surface area contributed by atoms with E-state index in [1.807, 2.05) is 48.5 Å². The quantitative estimate of drug-likeness (QED) is 0.264. The van der Waals surface area contributed by atoms with Gasteiger partial charge in [-0.05, 0) is 73.0 Å². The number of amides is 1. The Morgan fingerprint density at radius 2 is 1.69 bits per heavy atom. The van der Waals surface area contributed by atoms with Crippen molar-refractivity contribution in [2.75, 3.05) is 12.4 Å². The normalized spacial score (nSPS) is 15.1. The van der Waals surface area contributed by atoms with Crippen LogP contribution in [0.3, 0.4) is 0 Å². The van der Waals surface area contributed by atoms with E-state index in [1.165, 1.54) is 0 Å². The molecule has 36 heavy (non-hydrogen) atoms. The molecule has 0 aromatic heterocycles. The van der Waals surface area contributed by atoms with Crippen LogP contribution < -0.4 is 15.4 Å². The van der Waals surface area contributed by atoms with Gasteiger partial charge in [0.15, 0.2) is 5.78 Å². The number of nitrogens with one attached hydrogen (secondary N) is 2. The van der Waals surface area contributed by atoms with Gasteiger partial charge in [0.2, 0.25) is 0 Å². The van der Waals surface area contributed by atoms with Gasteiger partial charge in [-0.15, -0.1) is 0 Å². The molecule has 0 radical (unpaired) electrons. The van der Waals surface area contributed by atoms with Crippen LogP contribution in [0.2, 0.25) is 0 Å². The van der Waals surface area contributed by atoms with Gasteiger partial charge in [-0.2, -0.15) is 0 Å². The fourth-order valence-corrected chi connectivity index (χ4v) is 4.65. The summed E-state index contributed by atoms with van der Waals surface area (Å²) >= 11 is 0. The Labute approximate surface area is 210 Å². The van der Waals surface area contributed by atoms with Crippen molar-refractivity contribution in [3.63, 3.8) is 0 Å². The van der Waals surface area contributed by atoms with Crippen molar-refractivity contribution >= 4 is 33.8 Å². The van der Waals surface area contributed by atoms with Gasteiger partial charge in [0.1, 0.15) is 5.75 Å².